The topological polar surface area (TPSA) is 61.3 Å². The van der Waals surface area contributed by atoms with Crippen LogP contribution in [0.5, 0.6) is 11.6 Å². The molecular weight excluding hydrogens is 352 g/mol. The molecule has 0 bridgehead atoms. The van der Waals surface area contributed by atoms with E-state index >= 15 is 0 Å². The molecule has 3 rings (SSSR count). The van der Waals surface area contributed by atoms with Crippen molar-refractivity contribution in [2.24, 2.45) is 0 Å². The molecule has 0 radical (unpaired) electrons. The monoisotopic (exact) mass is 376 g/mol. The summed E-state index contributed by atoms with van der Waals surface area (Å²) in [4.78, 5) is 12.3. The number of nitrogens with zero attached hydrogens (tertiary/aromatic N) is 2. The molecule has 0 amide bonds. The smallest absolute Gasteiger partial charge is 0.344 e. The minimum Gasteiger partial charge on any atom is -0.494 e. The fourth-order valence-corrected chi connectivity index (χ4v) is 2.60. The van der Waals surface area contributed by atoms with Crippen molar-refractivity contribution in [2.45, 2.75) is 33.6 Å². The van der Waals surface area contributed by atoms with Crippen molar-refractivity contribution in [1.82, 2.24) is 10.2 Å². The predicted molar refractivity (Wildman–Crippen MR) is 109 cm³/mol. The Kier molecular flexibility index (Phi) is 6.37. The molecule has 144 valence electrons. The Hall–Kier alpha value is -3.21. The lowest BCUT2D eigenvalue weighted by Crippen LogP contribution is -2.10. The van der Waals surface area contributed by atoms with Gasteiger partial charge in [-0.25, -0.2) is 4.79 Å². The summed E-state index contributed by atoms with van der Waals surface area (Å²) in [7, 11) is 0. The minimum absolute atomic E-state index is 0.167. The van der Waals surface area contributed by atoms with E-state index in [-0.39, 0.29) is 5.88 Å². The molecule has 0 fully saturated rings. The first kappa shape index (κ1) is 19.5. The number of rotatable bonds is 7. The molecule has 0 saturated heterocycles. The third-order valence-electron chi connectivity index (χ3n) is 4.50. The summed E-state index contributed by atoms with van der Waals surface area (Å²) in [6.07, 6.45) is 2.08. The van der Waals surface area contributed by atoms with Crippen LogP contribution in [0.4, 0.5) is 0 Å². The van der Waals surface area contributed by atoms with Crippen LogP contribution in [-0.2, 0) is 0 Å². The largest absolute Gasteiger partial charge is 0.494 e. The van der Waals surface area contributed by atoms with E-state index in [0.29, 0.717) is 12.2 Å². The van der Waals surface area contributed by atoms with E-state index in [4.69, 9.17) is 9.47 Å². The summed E-state index contributed by atoms with van der Waals surface area (Å²) in [6, 6.07) is 16.5. The average Bonchev–Trinajstić information content (AvgIpc) is 2.71. The summed E-state index contributed by atoms with van der Waals surface area (Å²) in [5, 5.41) is 8.20. The molecule has 0 aliphatic heterocycles. The lowest BCUT2D eigenvalue weighted by molar-refractivity contribution is 0.0726. The van der Waals surface area contributed by atoms with Crippen molar-refractivity contribution in [2.75, 3.05) is 6.61 Å². The highest BCUT2D eigenvalue weighted by atomic mass is 16.5. The van der Waals surface area contributed by atoms with Gasteiger partial charge in [-0.3, -0.25) is 0 Å². The first-order valence-electron chi connectivity index (χ1n) is 9.43. The summed E-state index contributed by atoms with van der Waals surface area (Å²) in [6.45, 7) is 6.90. The first-order valence-corrected chi connectivity index (χ1v) is 9.43. The standard InChI is InChI=1S/C23H24N2O3/c1-4-5-14-27-20-10-8-18(9-11-20)23(26)28-22-13-12-21(24-25-22)19-7-6-16(2)17(3)15-19/h6-13,15H,4-5,14H2,1-3H3. The second-order valence-corrected chi connectivity index (χ2v) is 6.67. The van der Waals surface area contributed by atoms with E-state index in [1.54, 1.807) is 36.4 Å². The molecule has 0 unspecified atom stereocenters. The van der Waals surface area contributed by atoms with Crippen molar-refractivity contribution < 1.29 is 14.3 Å². The van der Waals surface area contributed by atoms with Crippen molar-refractivity contribution in [3.63, 3.8) is 0 Å². The molecule has 3 aromatic rings. The van der Waals surface area contributed by atoms with Crippen LogP contribution in [-0.4, -0.2) is 22.8 Å². The zero-order chi connectivity index (χ0) is 19.9. The molecule has 0 saturated carbocycles. The van der Waals surface area contributed by atoms with Gasteiger partial charge in [-0.1, -0.05) is 25.5 Å². The Morgan fingerprint density at radius 2 is 1.71 bits per heavy atom. The number of ether oxygens (including phenoxy) is 2. The van der Waals surface area contributed by atoms with Gasteiger partial charge in [-0.15, -0.1) is 10.2 Å². The van der Waals surface area contributed by atoms with Gasteiger partial charge < -0.3 is 9.47 Å². The maximum absolute atomic E-state index is 12.3. The van der Waals surface area contributed by atoms with Gasteiger partial charge in [0.1, 0.15) is 5.75 Å². The number of esters is 1. The van der Waals surface area contributed by atoms with Gasteiger partial charge in [0.2, 0.25) is 5.88 Å². The Morgan fingerprint density at radius 3 is 2.36 bits per heavy atom. The number of benzene rings is 2. The fourth-order valence-electron chi connectivity index (χ4n) is 2.60. The van der Waals surface area contributed by atoms with Crippen LogP contribution in [0.25, 0.3) is 11.3 Å². The highest BCUT2D eigenvalue weighted by Gasteiger charge is 2.11. The SMILES string of the molecule is CCCCOc1ccc(C(=O)Oc2ccc(-c3ccc(C)c(C)c3)nn2)cc1. The van der Waals surface area contributed by atoms with Gasteiger partial charge in [0.05, 0.1) is 17.9 Å². The normalized spacial score (nSPS) is 10.5. The van der Waals surface area contributed by atoms with Crippen LogP contribution in [0.15, 0.2) is 54.6 Å². The molecule has 1 heterocycles. The quantitative estimate of drug-likeness (QED) is 0.421. The molecule has 0 aliphatic carbocycles. The van der Waals surface area contributed by atoms with Gasteiger partial charge in [0.15, 0.2) is 0 Å². The van der Waals surface area contributed by atoms with E-state index in [2.05, 4.69) is 43.1 Å². The average molecular weight is 376 g/mol. The van der Waals surface area contributed by atoms with Gasteiger partial charge in [-0.05, 0) is 67.8 Å². The minimum atomic E-state index is -0.478. The molecule has 5 nitrogen and oxygen atoms in total. The maximum atomic E-state index is 12.3. The van der Waals surface area contributed by atoms with Crippen LogP contribution in [0.2, 0.25) is 0 Å². The Morgan fingerprint density at radius 1 is 0.929 bits per heavy atom. The second-order valence-electron chi connectivity index (χ2n) is 6.67. The second kappa shape index (κ2) is 9.13. The van der Waals surface area contributed by atoms with Crippen LogP contribution < -0.4 is 9.47 Å². The number of hydrogen-bond donors (Lipinski definition) is 0. The lowest BCUT2D eigenvalue weighted by atomic mass is 10.0. The number of unbranched alkanes of at least 4 members (excludes halogenated alkanes) is 1. The molecule has 5 heteroatoms. The highest BCUT2D eigenvalue weighted by Crippen LogP contribution is 2.21. The Bertz CT molecular complexity index is 935. The van der Waals surface area contributed by atoms with Gasteiger partial charge >= 0.3 is 5.97 Å². The summed E-state index contributed by atoms with van der Waals surface area (Å²) in [5.74, 6) is 0.428. The molecule has 0 spiro atoms. The van der Waals surface area contributed by atoms with E-state index in [1.165, 1.54) is 11.1 Å². The molecule has 0 N–H and O–H groups in total. The van der Waals surface area contributed by atoms with Crippen LogP contribution in [0.3, 0.4) is 0 Å². The molecule has 28 heavy (non-hydrogen) atoms. The summed E-state index contributed by atoms with van der Waals surface area (Å²) in [5.41, 5.74) is 4.56. The third kappa shape index (κ3) is 4.94. The number of aromatic nitrogens is 2. The van der Waals surface area contributed by atoms with Gasteiger partial charge in [0, 0.05) is 11.6 Å². The number of carbonyl (C=O) groups is 1. The van der Waals surface area contributed by atoms with Crippen LogP contribution >= 0.6 is 0 Å². The summed E-state index contributed by atoms with van der Waals surface area (Å²) < 4.78 is 10.9. The number of hydrogen-bond acceptors (Lipinski definition) is 5. The van der Waals surface area contributed by atoms with Crippen LogP contribution in [0, 0.1) is 13.8 Å². The predicted octanol–water partition coefficient (Wildman–Crippen LogP) is 5.16. The molecule has 2 aromatic carbocycles. The van der Waals surface area contributed by atoms with Crippen molar-refractivity contribution in [1.29, 1.82) is 0 Å². The zero-order valence-electron chi connectivity index (χ0n) is 16.4. The highest BCUT2D eigenvalue weighted by molar-refractivity contribution is 5.91. The van der Waals surface area contributed by atoms with E-state index in [9.17, 15) is 4.79 Å². The van der Waals surface area contributed by atoms with Gasteiger partial charge in [-0.2, -0.15) is 0 Å². The molecule has 0 atom stereocenters. The number of aryl methyl sites for hydroxylation is 2. The molecule has 1 aromatic heterocycles. The fraction of sp³-hybridized carbons (Fsp3) is 0.261. The lowest BCUT2D eigenvalue weighted by Gasteiger charge is -2.07. The molecule has 0 aliphatic rings. The van der Waals surface area contributed by atoms with E-state index in [1.807, 2.05) is 6.07 Å². The Labute approximate surface area is 165 Å². The van der Waals surface area contributed by atoms with E-state index < -0.39 is 5.97 Å². The maximum Gasteiger partial charge on any atom is 0.344 e. The van der Waals surface area contributed by atoms with Crippen molar-refractivity contribution in [3.05, 3.63) is 71.3 Å². The molecular formula is C23H24N2O3. The first-order chi connectivity index (χ1) is 13.6. The third-order valence-corrected chi connectivity index (χ3v) is 4.50. The van der Waals surface area contributed by atoms with Crippen molar-refractivity contribution in [3.8, 4) is 22.9 Å². The van der Waals surface area contributed by atoms with E-state index in [0.717, 1.165) is 29.8 Å². The Balaban J connectivity index is 1.63. The zero-order valence-corrected chi connectivity index (χ0v) is 16.4. The van der Waals surface area contributed by atoms with Crippen molar-refractivity contribution >= 4 is 5.97 Å². The van der Waals surface area contributed by atoms with Crippen LogP contribution in [0.1, 0.15) is 41.3 Å². The van der Waals surface area contributed by atoms with Gasteiger partial charge in [0.25, 0.3) is 0 Å². The summed E-state index contributed by atoms with van der Waals surface area (Å²) >= 11 is 0. The number of carbonyl (C=O) groups excluding carboxylic acids is 1.